The Morgan fingerprint density at radius 3 is 2.53 bits per heavy atom. The molecule has 3 heteroatoms. The van der Waals surface area contributed by atoms with E-state index in [4.69, 9.17) is 5.11 Å². The van der Waals surface area contributed by atoms with Gasteiger partial charge in [0.2, 0.25) is 0 Å². The van der Waals surface area contributed by atoms with Gasteiger partial charge >= 0.3 is 6.09 Å². The van der Waals surface area contributed by atoms with E-state index in [0.717, 1.165) is 6.42 Å². The van der Waals surface area contributed by atoms with Crippen LogP contribution < -0.4 is 5.32 Å². The maximum Gasteiger partial charge on any atom is 0.404 e. The van der Waals surface area contributed by atoms with Crippen molar-refractivity contribution >= 4 is 6.09 Å². The minimum Gasteiger partial charge on any atom is -0.465 e. The van der Waals surface area contributed by atoms with E-state index in [-0.39, 0.29) is 0 Å². The summed E-state index contributed by atoms with van der Waals surface area (Å²) in [7, 11) is 0. The number of benzene rings is 1. The van der Waals surface area contributed by atoms with Gasteiger partial charge in [0.25, 0.3) is 0 Å². The predicted molar refractivity (Wildman–Crippen MR) is 60.4 cm³/mol. The molecule has 0 aromatic heterocycles. The molecule has 1 amide bonds. The second-order valence-corrected chi connectivity index (χ2v) is 3.77. The van der Waals surface area contributed by atoms with Gasteiger partial charge in [-0.15, -0.1) is 0 Å². The van der Waals surface area contributed by atoms with Crippen LogP contribution in [0.25, 0.3) is 0 Å². The minimum absolute atomic E-state index is 0.471. The van der Waals surface area contributed by atoms with Crippen LogP contribution in [0.1, 0.15) is 22.3 Å². The molecule has 0 fully saturated rings. The number of carbonyl (C=O) groups is 1. The predicted octanol–water partition coefficient (Wildman–Crippen LogP) is 2.42. The largest absolute Gasteiger partial charge is 0.465 e. The van der Waals surface area contributed by atoms with Gasteiger partial charge in [0.05, 0.1) is 0 Å². The molecular weight excluding hydrogens is 190 g/mol. The van der Waals surface area contributed by atoms with Crippen molar-refractivity contribution in [2.45, 2.75) is 27.2 Å². The topological polar surface area (TPSA) is 49.3 Å². The Morgan fingerprint density at radius 1 is 1.27 bits per heavy atom. The number of hydrogen-bond acceptors (Lipinski definition) is 1. The number of nitrogens with one attached hydrogen (secondary N) is 1. The monoisotopic (exact) mass is 207 g/mol. The van der Waals surface area contributed by atoms with E-state index in [1.807, 2.05) is 0 Å². The molecule has 1 rings (SSSR count). The molecule has 0 aliphatic rings. The van der Waals surface area contributed by atoms with E-state index < -0.39 is 6.09 Å². The summed E-state index contributed by atoms with van der Waals surface area (Å²) in [6.45, 7) is 6.73. The summed E-state index contributed by atoms with van der Waals surface area (Å²) < 4.78 is 0. The third kappa shape index (κ3) is 2.98. The number of carboxylic acid groups (broad SMARTS) is 1. The molecule has 1 aromatic carbocycles. The van der Waals surface area contributed by atoms with Crippen molar-refractivity contribution in [1.82, 2.24) is 5.32 Å². The molecule has 0 bridgehead atoms. The molecule has 82 valence electrons. The molecule has 0 heterocycles. The van der Waals surface area contributed by atoms with Crippen LogP contribution in [0.15, 0.2) is 12.1 Å². The van der Waals surface area contributed by atoms with E-state index in [0.29, 0.717) is 6.54 Å². The van der Waals surface area contributed by atoms with Crippen molar-refractivity contribution in [3.63, 3.8) is 0 Å². The second kappa shape index (κ2) is 4.82. The van der Waals surface area contributed by atoms with Crippen LogP contribution in [0, 0.1) is 20.8 Å². The maximum atomic E-state index is 10.3. The van der Waals surface area contributed by atoms with Gasteiger partial charge in [-0.2, -0.15) is 0 Å². The molecule has 0 aliphatic heterocycles. The first-order valence-corrected chi connectivity index (χ1v) is 5.05. The zero-order valence-corrected chi connectivity index (χ0v) is 9.42. The minimum atomic E-state index is -0.962. The summed E-state index contributed by atoms with van der Waals surface area (Å²) in [5.41, 5.74) is 5.05. The average Bonchev–Trinajstić information content (AvgIpc) is 2.18. The molecule has 0 radical (unpaired) electrons. The van der Waals surface area contributed by atoms with E-state index in [2.05, 4.69) is 38.2 Å². The molecule has 0 aliphatic carbocycles. The van der Waals surface area contributed by atoms with Gasteiger partial charge in [0.15, 0.2) is 0 Å². The van der Waals surface area contributed by atoms with Gasteiger partial charge in [0.1, 0.15) is 0 Å². The van der Waals surface area contributed by atoms with E-state index in [1.165, 1.54) is 22.3 Å². The quantitative estimate of drug-likeness (QED) is 0.799. The molecular formula is C12H17NO2. The number of rotatable bonds is 3. The van der Waals surface area contributed by atoms with Crippen molar-refractivity contribution in [3.05, 3.63) is 34.4 Å². The van der Waals surface area contributed by atoms with Crippen molar-refractivity contribution in [2.24, 2.45) is 0 Å². The van der Waals surface area contributed by atoms with E-state index in [1.54, 1.807) is 0 Å². The normalized spacial score (nSPS) is 10.1. The lowest BCUT2D eigenvalue weighted by Crippen LogP contribution is -2.23. The van der Waals surface area contributed by atoms with Crippen molar-refractivity contribution in [3.8, 4) is 0 Å². The zero-order valence-electron chi connectivity index (χ0n) is 9.42. The van der Waals surface area contributed by atoms with Gasteiger partial charge in [-0.05, 0) is 49.4 Å². The van der Waals surface area contributed by atoms with Crippen LogP contribution in [0.4, 0.5) is 4.79 Å². The van der Waals surface area contributed by atoms with Gasteiger partial charge in [-0.25, -0.2) is 4.79 Å². The second-order valence-electron chi connectivity index (χ2n) is 3.77. The summed E-state index contributed by atoms with van der Waals surface area (Å²) in [4.78, 5) is 10.3. The highest BCUT2D eigenvalue weighted by molar-refractivity contribution is 5.64. The molecule has 0 saturated carbocycles. The fourth-order valence-electron chi connectivity index (χ4n) is 1.59. The SMILES string of the molecule is Cc1ccc(CCNC(=O)O)c(C)c1C. The standard InChI is InChI=1S/C12H17NO2/c1-8-4-5-11(10(3)9(8)2)6-7-13-12(14)15/h4-5,13H,6-7H2,1-3H3,(H,14,15). The highest BCUT2D eigenvalue weighted by atomic mass is 16.4. The van der Waals surface area contributed by atoms with Crippen LogP contribution in [0.5, 0.6) is 0 Å². The first-order chi connectivity index (χ1) is 7.02. The summed E-state index contributed by atoms with van der Waals surface area (Å²) in [5, 5.41) is 10.8. The van der Waals surface area contributed by atoms with E-state index in [9.17, 15) is 4.79 Å². The molecule has 0 spiro atoms. The Bertz CT molecular complexity index is 372. The number of hydrogen-bond donors (Lipinski definition) is 2. The van der Waals surface area contributed by atoms with Crippen molar-refractivity contribution in [2.75, 3.05) is 6.54 Å². The first kappa shape index (κ1) is 11.6. The lowest BCUT2D eigenvalue weighted by atomic mass is 9.97. The Labute approximate surface area is 90.1 Å². The fourth-order valence-corrected chi connectivity index (χ4v) is 1.59. The third-order valence-electron chi connectivity index (χ3n) is 2.84. The van der Waals surface area contributed by atoms with Crippen LogP contribution in [0.3, 0.4) is 0 Å². The fraction of sp³-hybridized carbons (Fsp3) is 0.417. The Kier molecular flexibility index (Phi) is 3.72. The summed E-state index contributed by atoms with van der Waals surface area (Å²) in [6, 6.07) is 4.15. The highest BCUT2D eigenvalue weighted by Crippen LogP contribution is 2.17. The molecule has 3 nitrogen and oxygen atoms in total. The summed E-state index contributed by atoms with van der Waals surface area (Å²) >= 11 is 0. The van der Waals surface area contributed by atoms with Crippen LogP contribution in [0.2, 0.25) is 0 Å². The average molecular weight is 207 g/mol. The van der Waals surface area contributed by atoms with Gasteiger partial charge in [0, 0.05) is 6.54 Å². The van der Waals surface area contributed by atoms with Gasteiger partial charge in [-0.3, -0.25) is 0 Å². The molecule has 0 atom stereocenters. The molecule has 2 N–H and O–H groups in total. The Morgan fingerprint density at radius 2 is 1.93 bits per heavy atom. The van der Waals surface area contributed by atoms with Crippen molar-refractivity contribution in [1.29, 1.82) is 0 Å². The Balaban J connectivity index is 2.70. The van der Waals surface area contributed by atoms with Crippen LogP contribution in [-0.2, 0) is 6.42 Å². The number of amides is 1. The first-order valence-electron chi connectivity index (χ1n) is 5.05. The summed E-state index contributed by atoms with van der Waals surface area (Å²) in [5.74, 6) is 0. The van der Waals surface area contributed by atoms with Gasteiger partial charge < -0.3 is 10.4 Å². The Hall–Kier alpha value is -1.51. The maximum absolute atomic E-state index is 10.3. The van der Waals surface area contributed by atoms with Crippen LogP contribution in [-0.4, -0.2) is 17.7 Å². The van der Waals surface area contributed by atoms with E-state index >= 15 is 0 Å². The third-order valence-corrected chi connectivity index (χ3v) is 2.84. The zero-order chi connectivity index (χ0) is 11.4. The smallest absolute Gasteiger partial charge is 0.404 e. The van der Waals surface area contributed by atoms with Crippen LogP contribution >= 0.6 is 0 Å². The lowest BCUT2D eigenvalue weighted by molar-refractivity contribution is 0.194. The highest BCUT2D eigenvalue weighted by Gasteiger charge is 2.03. The molecule has 15 heavy (non-hydrogen) atoms. The molecule has 0 saturated heterocycles. The molecule has 0 unspecified atom stereocenters. The van der Waals surface area contributed by atoms with Crippen molar-refractivity contribution < 1.29 is 9.90 Å². The lowest BCUT2D eigenvalue weighted by Gasteiger charge is -2.10. The number of aryl methyl sites for hydroxylation is 1. The summed E-state index contributed by atoms with van der Waals surface area (Å²) in [6.07, 6.45) is -0.212. The molecule has 1 aromatic rings. The van der Waals surface area contributed by atoms with Gasteiger partial charge in [-0.1, -0.05) is 12.1 Å².